The van der Waals surface area contributed by atoms with Crippen molar-refractivity contribution in [1.82, 2.24) is 5.32 Å². The van der Waals surface area contributed by atoms with Crippen molar-refractivity contribution in [3.05, 3.63) is 54.1 Å². The number of ether oxygens (including phenoxy) is 3. The highest BCUT2D eigenvalue weighted by Gasteiger charge is 2.22. The Balaban J connectivity index is 0.00000280. The molecule has 0 spiro atoms. The summed E-state index contributed by atoms with van der Waals surface area (Å²) >= 11 is 0. The zero-order chi connectivity index (χ0) is 18.9. The van der Waals surface area contributed by atoms with Crippen LogP contribution in [0.15, 0.2) is 53.5 Å². The summed E-state index contributed by atoms with van der Waals surface area (Å²) in [5, 5.41) is 6.63. The van der Waals surface area contributed by atoms with E-state index in [1.54, 1.807) is 14.2 Å². The fourth-order valence-corrected chi connectivity index (χ4v) is 2.95. The predicted octanol–water partition coefficient (Wildman–Crippen LogP) is 3.71. The minimum absolute atomic E-state index is 0. The number of anilines is 1. The molecule has 0 amide bonds. The van der Waals surface area contributed by atoms with Crippen LogP contribution in [-0.4, -0.2) is 46.0 Å². The third-order valence-corrected chi connectivity index (χ3v) is 4.29. The minimum atomic E-state index is 0. The van der Waals surface area contributed by atoms with Gasteiger partial charge in [-0.3, -0.25) is 4.99 Å². The topological polar surface area (TPSA) is 64.1 Å². The van der Waals surface area contributed by atoms with Crippen LogP contribution >= 0.6 is 24.0 Å². The lowest BCUT2D eigenvalue weighted by molar-refractivity contribution is 0.172. The van der Waals surface area contributed by atoms with Crippen molar-refractivity contribution in [3.63, 3.8) is 0 Å². The van der Waals surface area contributed by atoms with Crippen LogP contribution in [0.5, 0.6) is 11.5 Å². The van der Waals surface area contributed by atoms with Crippen LogP contribution in [0.25, 0.3) is 0 Å². The lowest BCUT2D eigenvalue weighted by Gasteiger charge is -2.16. The van der Waals surface area contributed by atoms with Gasteiger partial charge in [-0.15, -0.1) is 24.0 Å². The second kappa shape index (κ2) is 11.8. The van der Waals surface area contributed by atoms with E-state index in [4.69, 9.17) is 14.2 Å². The van der Waals surface area contributed by atoms with Crippen molar-refractivity contribution in [2.24, 2.45) is 4.99 Å². The molecule has 7 heteroatoms. The van der Waals surface area contributed by atoms with E-state index in [-0.39, 0.29) is 30.1 Å². The minimum Gasteiger partial charge on any atom is -0.493 e. The molecule has 28 heavy (non-hydrogen) atoms. The van der Waals surface area contributed by atoms with Gasteiger partial charge in [-0.05, 0) is 23.8 Å². The molecule has 0 radical (unpaired) electrons. The monoisotopic (exact) mass is 497 g/mol. The molecule has 2 aromatic rings. The zero-order valence-electron chi connectivity index (χ0n) is 16.3. The summed E-state index contributed by atoms with van der Waals surface area (Å²) in [5.41, 5.74) is 2.17. The maximum absolute atomic E-state index is 5.96. The number of guanidine groups is 1. The van der Waals surface area contributed by atoms with E-state index in [0.717, 1.165) is 30.0 Å². The molecule has 0 fully saturated rings. The van der Waals surface area contributed by atoms with Gasteiger partial charge in [0.05, 0.1) is 13.2 Å². The van der Waals surface area contributed by atoms with Crippen molar-refractivity contribution in [3.8, 4) is 11.5 Å². The highest BCUT2D eigenvalue weighted by molar-refractivity contribution is 14.0. The van der Waals surface area contributed by atoms with Crippen LogP contribution in [0.3, 0.4) is 0 Å². The van der Waals surface area contributed by atoms with Crippen LogP contribution < -0.4 is 20.1 Å². The molecule has 1 aliphatic rings. The molecule has 0 saturated heterocycles. The van der Waals surface area contributed by atoms with Crippen molar-refractivity contribution < 1.29 is 14.2 Å². The number of aliphatic imine (C=N–C) groups is 1. The molecule has 1 atom stereocenters. The van der Waals surface area contributed by atoms with Gasteiger partial charge in [0.15, 0.2) is 5.96 Å². The summed E-state index contributed by atoms with van der Waals surface area (Å²) < 4.78 is 16.7. The predicted molar refractivity (Wildman–Crippen MR) is 123 cm³/mol. The SMILES string of the molecule is CN=C(NCC1Cc2ccccc2O1)Nc1cccc(OCCCOC)c1.I. The number of benzene rings is 2. The summed E-state index contributed by atoms with van der Waals surface area (Å²) in [6.45, 7) is 2.01. The summed E-state index contributed by atoms with van der Waals surface area (Å²) in [4.78, 5) is 4.29. The number of halogens is 1. The molecule has 1 aliphatic heterocycles. The molecular weight excluding hydrogens is 469 g/mol. The largest absolute Gasteiger partial charge is 0.493 e. The first-order valence-electron chi connectivity index (χ1n) is 9.22. The molecule has 0 aliphatic carbocycles. The second-order valence-electron chi connectivity index (χ2n) is 6.35. The number of fused-ring (bicyclic) bond motifs is 1. The Hall–Kier alpha value is -2.00. The number of hydrogen-bond acceptors (Lipinski definition) is 4. The Morgan fingerprint density at radius 2 is 2.04 bits per heavy atom. The Morgan fingerprint density at radius 3 is 2.82 bits per heavy atom. The van der Waals surface area contributed by atoms with Gasteiger partial charge < -0.3 is 24.8 Å². The first-order valence-corrected chi connectivity index (χ1v) is 9.22. The molecule has 0 bridgehead atoms. The highest BCUT2D eigenvalue weighted by Crippen LogP contribution is 2.27. The summed E-state index contributed by atoms with van der Waals surface area (Å²) in [7, 11) is 3.45. The number of nitrogens with zero attached hydrogens (tertiary/aromatic N) is 1. The first-order chi connectivity index (χ1) is 13.3. The summed E-state index contributed by atoms with van der Waals surface area (Å²) in [5.74, 6) is 2.50. The fraction of sp³-hybridized carbons (Fsp3) is 0.381. The van der Waals surface area contributed by atoms with E-state index in [9.17, 15) is 0 Å². The van der Waals surface area contributed by atoms with Crippen LogP contribution in [0, 0.1) is 0 Å². The van der Waals surface area contributed by atoms with Crippen molar-refractivity contribution in [1.29, 1.82) is 0 Å². The average Bonchev–Trinajstić information content (AvgIpc) is 3.12. The summed E-state index contributed by atoms with van der Waals surface area (Å²) in [6, 6.07) is 16.0. The van der Waals surface area contributed by atoms with Gasteiger partial charge in [0.1, 0.15) is 17.6 Å². The van der Waals surface area contributed by atoms with Crippen LogP contribution in [0.1, 0.15) is 12.0 Å². The van der Waals surface area contributed by atoms with Crippen molar-refractivity contribution in [2.75, 3.05) is 39.2 Å². The van der Waals surface area contributed by atoms with Gasteiger partial charge in [0, 0.05) is 45.4 Å². The number of nitrogens with one attached hydrogen (secondary N) is 2. The molecule has 152 valence electrons. The van der Waals surface area contributed by atoms with Crippen LogP contribution in [0.4, 0.5) is 5.69 Å². The number of para-hydroxylation sites is 1. The second-order valence-corrected chi connectivity index (χ2v) is 6.35. The maximum Gasteiger partial charge on any atom is 0.195 e. The lowest BCUT2D eigenvalue weighted by Crippen LogP contribution is -2.38. The smallest absolute Gasteiger partial charge is 0.195 e. The van der Waals surface area contributed by atoms with Crippen molar-refractivity contribution in [2.45, 2.75) is 18.9 Å². The third-order valence-electron chi connectivity index (χ3n) is 4.29. The van der Waals surface area contributed by atoms with Gasteiger partial charge in [0.25, 0.3) is 0 Å². The van der Waals surface area contributed by atoms with E-state index in [0.29, 0.717) is 25.7 Å². The summed E-state index contributed by atoms with van der Waals surface area (Å²) in [6.07, 6.45) is 1.88. The standard InChI is InChI=1S/C21H27N3O3.HI/c1-22-21(23-15-19-13-16-7-3-4-10-20(16)27-19)24-17-8-5-9-18(14-17)26-12-6-11-25-2;/h3-5,7-10,14,19H,6,11-13,15H2,1-2H3,(H2,22,23,24);1H. The molecule has 6 nitrogen and oxygen atoms in total. The first kappa shape index (κ1) is 22.3. The van der Waals surface area contributed by atoms with Gasteiger partial charge in [-0.2, -0.15) is 0 Å². The van der Waals surface area contributed by atoms with Gasteiger partial charge in [0.2, 0.25) is 0 Å². The Kier molecular flexibility index (Phi) is 9.36. The molecular formula is C21H28IN3O3. The third kappa shape index (κ3) is 6.56. The molecule has 1 unspecified atom stereocenters. The number of methoxy groups -OCH3 is 1. The normalized spacial score (nSPS) is 15.2. The lowest BCUT2D eigenvalue weighted by atomic mass is 10.1. The van der Waals surface area contributed by atoms with Crippen LogP contribution in [-0.2, 0) is 11.2 Å². The Bertz CT molecular complexity index is 745. The molecule has 2 N–H and O–H groups in total. The van der Waals surface area contributed by atoms with E-state index >= 15 is 0 Å². The number of rotatable bonds is 8. The Labute approximate surface area is 183 Å². The Morgan fingerprint density at radius 1 is 1.18 bits per heavy atom. The van der Waals surface area contributed by atoms with Gasteiger partial charge in [-0.1, -0.05) is 24.3 Å². The van der Waals surface area contributed by atoms with E-state index in [1.165, 1.54) is 5.56 Å². The fourth-order valence-electron chi connectivity index (χ4n) is 2.95. The highest BCUT2D eigenvalue weighted by atomic mass is 127. The molecule has 0 saturated carbocycles. The van der Waals surface area contributed by atoms with E-state index < -0.39 is 0 Å². The molecule has 0 aromatic heterocycles. The van der Waals surface area contributed by atoms with Crippen molar-refractivity contribution >= 4 is 35.6 Å². The quantitative estimate of drug-likeness (QED) is 0.252. The molecule has 3 rings (SSSR count). The van der Waals surface area contributed by atoms with Gasteiger partial charge in [-0.25, -0.2) is 0 Å². The molecule has 1 heterocycles. The number of hydrogen-bond donors (Lipinski definition) is 2. The maximum atomic E-state index is 5.96. The van der Waals surface area contributed by atoms with E-state index in [2.05, 4.69) is 21.7 Å². The zero-order valence-corrected chi connectivity index (χ0v) is 18.6. The van der Waals surface area contributed by atoms with E-state index in [1.807, 2.05) is 42.5 Å². The van der Waals surface area contributed by atoms with Gasteiger partial charge >= 0.3 is 0 Å². The average molecular weight is 497 g/mol. The molecule has 2 aromatic carbocycles. The van der Waals surface area contributed by atoms with Crippen LogP contribution in [0.2, 0.25) is 0 Å².